The van der Waals surface area contributed by atoms with Crippen molar-refractivity contribution < 1.29 is 18.7 Å². The summed E-state index contributed by atoms with van der Waals surface area (Å²) in [6.07, 6.45) is 11.5. The van der Waals surface area contributed by atoms with Gasteiger partial charge in [-0.15, -0.1) is 11.3 Å². The van der Waals surface area contributed by atoms with Gasteiger partial charge in [0.15, 0.2) is 0 Å². The highest BCUT2D eigenvalue weighted by atomic mass is 32.2. The van der Waals surface area contributed by atoms with E-state index in [1.54, 1.807) is 69.5 Å². The van der Waals surface area contributed by atoms with Gasteiger partial charge >= 0.3 is 5.97 Å². The fourth-order valence-corrected chi connectivity index (χ4v) is 5.27. The van der Waals surface area contributed by atoms with Gasteiger partial charge in [0.1, 0.15) is 22.5 Å². The molecule has 0 fully saturated rings. The number of imidazole rings is 1. The van der Waals surface area contributed by atoms with Crippen molar-refractivity contribution >= 4 is 46.6 Å². The summed E-state index contributed by atoms with van der Waals surface area (Å²) in [4.78, 5) is 35.2. The molecular formula is C31H33FN4O3S2. The van der Waals surface area contributed by atoms with Gasteiger partial charge in [-0.3, -0.25) is 4.79 Å². The Morgan fingerprint density at radius 3 is 2.59 bits per heavy atom. The van der Waals surface area contributed by atoms with Gasteiger partial charge in [-0.25, -0.2) is 19.2 Å². The SMILES string of the molecule is CSCC[C@H](NC(=O)c1ccc(/C=C(/Cn2ccnc2)c2nccs2)cc1-c1ccc(F)cc1)C(=O)OC(C)(C)C. The van der Waals surface area contributed by atoms with E-state index < -0.39 is 23.5 Å². The normalized spacial score (nSPS) is 12.7. The highest BCUT2D eigenvalue weighted by Crippen LogP contribution is 2.29. The molecule has 214 valence electrons. The summed E-state index contributed by atoms with van der Waals surface area (Å²) in [7, 11) is 0. The Morgan fingerprint density at radius 2 is 1.95 bits per heavy atom. The quantitative estimate of drug-likeness (QED) is 0.198. The van der Waals surface area contributed by atoms with E-state index in [9.17, 15) is 14.0 Å². The summed E-state index contributed by atoms with van der Waals surface area (Å²) in [5.41, 5.74) is 2.80. The number of allylic oxidation sites excluding steroid dienone is 1. The molecule has 1 atom stereocenters. The Bertz CT molecular complexity index is 1480. The molecule has 0 radical (unpaired) electrons. The fourth-order valence-electron chi connectivity index (χ4n) is 4.15. The molecule has 0 bridgehead atoms. The monoisotopic (exact) mass is 592 g/mol. The minimum Gasteiger partial charge on any atom is -0.458 e. The molecule has 1 amide bonds. The zero-order valence-electron chi connectivity index (χ0n) is 23.5. The maximum atomic E-state index is 13.8. The van der Waals surface area contributed by atoms with Gasteiger partial charge in [0.2, 0.25) is 0 Å². The molecule has 0 aliphatic heterocycles. The number of benzene rings is 2. The average Bonchev–Trinajstić information content (AvgIpc) is 3.65. The second kappa shape index (κ2) is 13.7. The standard InChI is InChI=1S/C31H33FN4O3S2/c1-31(2,3)39-30(38)27(11-15-40-4)35-28(37)25-10-5-21(18-26(25)22-6-8-24(32)9-7-22)17-23(29-34-13-16-41-29)19-36-14-12-33-20-36/h5-10,12-14,16-18,20,27H,11,15,19H2,1-4H3,(H,35,37)/b23-17-/t27-/m0/s1. The molecule has 0 saturated heterocycles. The maximum Gasteiger partial charge on any atom is 0.329 e. The van der Waals surface area contributed by atoms with Gasteiger partial charge in [0, 0.05) is 35.1 Å². The highest BCUT2D eigenvalue weighted by Gasteiger charge is 2.27. The van der Waals surface area contributed by atoms with Gasteiger partial charge < -0.3 is 14.6 Å². The van der Waals surface area contributed by atoms with Crippen LogP contribution in [0.2, 0.25) is 0 Å². The first-order chi connectivity index (χ1) is 19.6. The summed E-state index contributed by atoms with van der Waals surface area (Å²) in [5, 5.41) is 5.69. The van der Waals surface area contributed by atoms with E-state index in [0.29, 0.717) is 35.4 Å². The summed E-state index contributed by atoms with van der Waals surface area (Å²) < 4.78 is 21.3. The van der Waals surface area contributed by atoms with Crippen molar-refractivity contribution in [3.05, 3.63) is 94.7 Å². The van der Waals surface area contributed by atoms with E-state index in [0.717, 1.165) is 16.1 Å². The second-order valence-electron chi connectivity index (χ2n) is 10.4. The van der Waals surface area contributed by atoms with Crippen LogP contribution in [0, 0.1) is 5.82 Å². The molecule has 2 heterocycles. The number of carbonyl (C=O) groups excluding carboxylic acids is 2. The molecule has 0 aliphatic rings. The van der Waals surface area contributed by atoms with E-state index in [2.05, 4.69) is 15.3 Å². The van der Waals surface area contributed by atoms with Crippen molar-refractivity contribution in [2.24, 2.45) is 0 Å². The van der Waals surface area contributed by atoms with Gasteiger partial charge in [-0.05, 0) is 86.2 Å². The number of ether oxygens (including phenoxy) is 1. The Morgan fingerprint density at radius 1 is 1.17 bits per heavy atom. The summed E-state index contributed by atoms with van der Waals surface area (Å²) >= 11 is 3.12. The molecule has 10 heteroatoms. The number of nitrogens with zero attached hydrogens (tertiary/aromatic N) is 3. The number of thiazole rings is 1. The minimum atomic E-state index is -0.804. The van der Waals surface area contributed by atoms with Crippen molar-refractivity contribution in [1.29, 1.82) is 0 Å². The Balaban J connectivity index is 1.72. The molecule has 2 aromatic heterocycles. The molecule has 0 aliphatic carbocycles. The number of amides is 1. The first-order valence-electron chi connectivity index (χ1n) is 13.1. The molecule has 4 aromatic rings. The number of rotatable bonds is 11. The average molecular weight is 593 g/mol. The predicted octanol–water partition coefficient (Wildman–Crippen LogP) is 6.58. The minimum absolute atomic E-state index is 0.371. The molecule has 1 N–H and O–H groups in total. The van der Waals surface area contributed by atoms with Crippen LogP contribution in [-0.2, 0) is 16.1 Å². The van der Waals surface area contributed by atoms with Crippen molar-refractivity contribution in [3.8, 4) is 11.1 Å². The van der Waals surface area contributed by atoms with Crippen LogP contribution in [0.15, 0.2) is 72.8 Å². The zero-order chi connectivity index (χ0) is 29.4. The van der Waals surface area contributed by atoms with Crippen LogP contribution in [0.25, 0.3) is 22.8 Å². The van der Waals surface area contributed by atoms with E-state index in [1.165, 1.54) is 23.5 Å². The van der Waals surface area contributed by atoms with Crippen LogP contribution in [0.3, 0.4) is 0 Å². The molecule has 41 heavy (non-hydrogen) atoms. The third kappa shape index (κ3) is 8.61. The first-order valence-corrected chi connectivity index (χ1v) is 15.4. The van der Waals surface area contributed by atoms with Gasteiger partial charge in [0.05, 0.1) is 12.9 Å². The molecule has 7 nitrogen and oxygen atoms in total. The number of halogens is 1. The van der Waals surface area contributed by atoms with Crippen molar-refractivity contribution in [1.82, 2.24) is 19.9 Å². The van der Waals surface area contributed by atoms with Crippen molar-refractivity contribution in [3.63, 3.8) is 0 Å². The number of hydrogen-bond donors (Lipinski definition) is 1. The summed E-state index contributed by atoms with van der Waals surface area (Å²) in [6.45, 7) is 5.95. The number of thioether (sulfide) groups is 1. The molecule has 4 rings (SSSR count). The Hall–Kier alpha value is -3.76. The van der Waals surface area contributed by atoms with Crippen LogP contribution < -0.4 is 5.32 Å². The van der Waals surface area contributed by atoms with Gasteiger partial charge in [-0.1, -0.05) is 18.2 Å². The molecule has 0 unspecified atom stereocenters. The number of esters is 1. The van der Waals surface area contributed by atoms with Crippen molar-refractivity contribution in [2.75, 3.05) is 12.0 Å². The number of hydrogen-bond acceptors (Lipinski definition) is 7. The topological polar surface area (TPSA) is 86.1 Å². The fraction of sp³-hybridized carbons (Fsp3) is 0.290. The third-order valence-electron chi connectivity index (χ3n) is 6.01. The van der Waals surface area contributed by atoms with Gasteiger partial charge in [-0.2, -0.15) is 11.8 Å². The molecule has 0 saturated carbocycles. The Kier molecular flexibility index (Phi) is 10.1. The van der Waals surface area contributed by atoms with E-state index in [-0.39, 0.29) is 5.82 Å². The van der Waals surface area contributed by atoms with E-state index in [1.807, 2.05) is 40.6 Å². The summed E-state index contributed by atoms with van der Waals surface area (Å²) in [6, 6.07) is 10.7. The molecule has 2 aromatic carbocycles. The lowest BCUT2D eigenvalue weighted by Crippen LogP contribution is -2.44. The van der Waals surface area contributed by atoms with Gasteiger partial charge in [0.25, 0.3) is 5.91 Å². The number of carbonyl (C=O) groups is 2. The third-order valence-corrected chi connectivity index (χ3v) is 7.50. The summed E-state index contributed by atoms with van der Waals surface area (Å²) in [5.74, 6) is -0.579. The largest absolute Gasteiger partial charge is 0.458 e. The highest BCUT2D eigenvalue weighted by molar-refractivity contribution is 7.98. The first kappa shape index (κ1) is 30.2. The molecule has 0 spiro atoms. The van der Waals surface area contributed by atoms with Crippen LogP contribution in [0.5, 0.6) is 0 Å². The second-order valence-corrected chi connectivity index (χ2v) is 12.3. The number of aromatic nitrogens is 3. The van der Waals surface area contributed by atoms with Crippen LogP contribution in [0.1, 0.15) is 48.1 Å². The predicted molar refractivity (Wildman–Crippen MR) is 164 cm³/mol. The molecular weight excluding hydrogens is 559 g/mol. The Labute approximate surface area is 247 Å². The lowest BCUT2D eigenvalue weighted by Gasteiger charge is -2.25. The van der Waals surface area contributed by atoms with Crippen LogP contribution in [0.4, 0.5) is 4.39 Å². The zero-order valence-corrected chi connectivity index (χ0v) is 25.1. The van der Waals surface area contributed by atoms with E-state index >= 15 is 0 Å². The van der Waals surface area contributed by atoms with Crippen LogP contribution in [-0.4, -0.2) is 50.1 Å². The smallest absolute Gasteiger partial charge is 0.329 e. The number of nitrogens with one attached hydrogen (secondary N) is 1. The lowest BCUT2D eigenvalue weighted by molar-refractivity contribution is -0.157. The lowest BCUT2D eigenvalue weighted by atomic mass is 9.95. The van der Waals surface area contributed by atoms with Crippen LogP contribution >= 0.6 is 23.1 Å². The maximum absolute atomic E-state index is 13.8. The van der Waals surface area contributed by atoms with E-state index in [4.69, 9.17) is 4.74 Å². The van der Waals surface area contributed by atoms with Crippen molar-refractivity contribution in [2.45, 2.75) is 45.4 Å².